The third kappa shape index (κ3) is 3.96. The van der Waals surface area contributed by atoms with Gasteiger partial charge in [-0.2, -0.15) is 0 Å². The molecule has 0 aliphatic carbocycles. The van der Waals surface area contributed by atoms with Crippen molar-refractivity contribution in [3.8, 4) is 0 Å². The number of hydrogen-bond acceptors (Lipinski definition) is 5. The Morgan fingerprint density at radius 2 is 2.19 bits per heavy atom. The lowest BCUT2D eigenvalue weighted by Gasteiger charge is -2.08. The lowest BCUT2D eigenvalue weighted by Crippen LogP contribution is -2.27. The van der Waals surface area contributed by atoms with Gasteiger partial charge in [-0.15, -0.1) is 0 Å². The summed E-state index contributed by atoms with van der Waals surface area (Å²) in [6.07, 6.45) is 3.39. The predicted molar refractivity (Wildman–Crippen MR) is 77.0 cm³/mol. The highest BCUT2D eigenvalue weighted by atomic mass is 19.1. The van der Waals surface area contributed by atoms with Crippen molar-refractivity contribution in [2.45, 2.75) is 13.3 Å². The van der Waals surface area contributed by atoms with E-state index in [-0.39, 0.29) is 17.4 Å². The summed E-state index contributed by atoms with van der Waals surface area (Å²) in [5.74, 6) is 4.93. The molecule has 21 heavy (non-hydrogen) atoms. The number of aromatic nitrogens is 2. The standard InChI is InChI=1S/C14H16FN5O/c1-9-6-11(15)3-2-10(9)4-5-18-14(21)12-7-17-8-13(19-12)20-16/h2-3,6-8H,4-5,16H2,1H3,(H,18,21)(H,19,20). The summed E-state index contributed by atoms with van der Waals surface area (Å²) in [5.41, 5.74) is 4.36. The maximum absolute atomic E-state index is 13.0. The lowest BCUT2D eigenvalue weighted by atomic mass is 10.1. The van der Waals surface area contributed by atoms with Gasteiger partial charge < -0.3 is 10.7 Å². The van der Waals surface area contributed by atoms with E-state index < -0.39 is 0 Å². The van der Waals surface area contributed by atoms with Crippen LogP contribution in [-0.2, 0) is 6.42 Å². The lowest BCUT2D eigenvalue weighted by molar-refractivity contribution is 0.0949. The zero-order valence-electron chi connectivity index (χ0n) is 11.6. The Labute approximate surface area is 121 Å². The fraction of sp³-hybridized carbons (Fsp3) is 0.214. The number of nitrogens with one attached hydrogen (secondary N) is 2. The molecule has 2 rings (SSSR count). The molecule has 1 aromatic heterocycles. The summed E-state index contributed by atoms with van der Waals surface area (Å²) in [4.78, 5) is 19.7. The zero-order chi connectivity index (χ0) is 15.2. The van der Waals surface area contributed by atoms with Crippen LogP contribution in [0.15, 0.2) is 30.6 Å². The van der Waals surface area contributed by atoms with Crippen LogP contribution in [0.2, 0.25) is 0 Å². The molecule has 4 N–H and O–H groups in total. The first-order valence-corrected chi connectivity index (χ1v) is 6.42. The van der Waals surface area contributed by atoms with E-state index in [1.807, 2.05) is 6.92 Å². The Kier molecular flexibility index (Phi) is 4.78. The number of amides is 1. The van der Waals surface area contributed by atoms with Gasteiger partial charge in [0.1, 0.15) is 11.5 Å². The van der Waals surface area contributed by atoms with Crippen LogP contribution in [0, 0.1) is 12.7 Å². The zero-order valence-corrected chi connectivity index (χ0v) is 11.6. The Morgan fingerprint density at radius 1 is 1.38 bits per heavy atom. The molecule has 0 unspecified atom stereocenters. The number of anilines is 1. The van der Waals surface area contributed by atoms with Gasteiger partial charge in [0.25, 0.3) is 5.91 Å². The Hall–Kier alpha value is -2.54. The number of nitrogens with zero attached hydrogens (tertiary/aromatic N) is 2. The topological polar surface area (TPSA) is 92.9 Å². The molecule has 0 bridgehead atoms. The second kappa shape index (κ2) is 6.76. The van der Waals surface area contributed by atoms with Crippen LogP contribution >= 0.6 is 0 Å². The SMILES string of the molecule is Cc1cc(F)ccc1CCNC(=O)c1cncc(NN)n1. The summed E-state index contributed by atoms with van der Waals surface area (Å²) in [6.45, 7) is 2.26. The molecule has 0 saturated heterocycles. The van der Waals surface area contributed by atoms with Crippen molar-refractivity contribution in [2.75, 3.05) is 12.0 Å². The number of nitrogen functional groups attached to an aromatic ring is 1. The maximum atomic E-state index is 13.0. The van der Waals surface area contributed by atoms with Gasteiger partial charge in [-0.05, 0) is 36.6 Å². The monoisotopic (exact) mass is 289 g/mol. The van der Waals surface area contributed by atoms with Gasteiger partial charge in [0, 0.05) is 6.54 Å². The van der Waals surface area contributed by atoms with E-state index in [0.717, 1.165) is 11.1 Å². The number of aryl methyl sites for hydroxylation is 1. The minimum atomic E-state index is -0.334. The van der Waals surface area contributed by atoms with Gasteiger partial charge in [-0.3, -0.25) is 9.78 Å². The van der Waals surface area contributed by atoms with Crippen LogP contribution in [0.5, 0.6) is 0 Å². The van der Waals surface area contributed by atoms with Crippen molar-refractivity contribution < 1.29 is 9.18 Å². The van der Waals surface area contributed by atoms with Gasteiger partial charge in [0.15, 0.2) is 5.82 Å². The highest BCUT2D eigenvalue weighted by Crippen LogP contribution is 2.10. The molecule has 0 atom stereocenters. The number of benzene rings is 1. The summed E-state index contributed by atoms with van der Waals surface area (Å²) in [5, 5.41) is 2.74. The van der Waals surface area contributed by atoms with E-state index in [4.69, 9.17) is 5.84 Å². The molecule has 0 spiro atoms. The Bertz CT molecular complexity index is 647. The largest absolute Gasteiger partial charge is 0.350 e. The van der Waals surface area contributed by atoms with Crippen molar-refractivity contribution in [1.82, 2.24) is 15.3 Å². The normalized spacial score (nSPS) is 10.2. The number of halogens is 1. The number of carbonyl (C=O) groups is 1. The molecule has 2 aromatic rings. The van der Waals surface area contributed by atoms with E-state index in [1.165, 1.54) is 24.5 Å². The maximum Gasteiger partial charge on any atom is 0.271 e. The summed E-state index contributed by atoms with van der Waals surface area (Å²) < 4.78 is 13.0. The fourth-order valence-electron chi connectivity index (χ4n) is 1.89. The molecule has 1 aromatic carbocycles. The molecular formula is C14H16FN5O. The Balaban J connectivity index is 1.92. The third-order valence-corrected chi connectivity index (χ3v) is 3.00. The van der Waals surface area contributed by atoms with Crippen LogP contribution in [-0.4, -0.2) is 22.4 Å². The summed E-state index contributed by atoms with van der Waals surface area (Å²) in [6, 6.07) is 4.60. The van der Waals surface area contributed by atoms with Gasteiger partial charge in [-0.25, -0.2) is 15.2 Å². The smallest absolute Gasteiger partial charge is 0.271 e. The van der Waals surface area contributed by atoms with Gasteiger partial charge in [0.2, 0.25) is 0 Å². The number of hydrogen-bond donors (Lipinski definition) is 3. The number of carbonyl (C=O) groups excluding carboxylic acids is 1. The molecule has 7 heteroatoms. The second-order valence-electron chi connectivity index (χ2n) is 4.51. The predicted octanol–water partition coefficient (Wildman–Crippen LogP) is 1.18. The van der Waals surface area contributed by atoms with Crippen LogP contribution in [0.3, 0.4) is 0 Å². The van der Waals surface area contributed by atoms with Crippen LogP contribution in [0.4, 0.5) is 10.2 Å². The highest BCUT2D eigenvalue weighted by Gasteiger charge is 2.08. The first kappa shape index (κ1) is 14.9. The van der Waals surface area contributed by atoms with E-state index >= 15 is 0 Å². The first-order valence-electron chi connectivity index (χ1n) is 6.42. The van der Waals surface area contributed by atoms with Gasteiger partial charge in [0.05, 0.1) is 12.4 Å². The molecule has 110 valence electrons. The third-order valence-electron chi connectivity index (χ3n) is 3.00. The molecule has 1 amide bonds. The molecule has 0 aliphatic rings. The average Bonchev–Trinajstić information content (AvgIpc) is 2.49. The van der Waals surface area contributed by atoms with E-state index in [1.54, 1.807) is 6.07 Å². The average molecular weight is 289 g/mol. The quantitative estimate of drug-likeness (QED) is 0.568. The van der Waals surface area contributed by atoms with Crippen molar-refractivity contribution >= 4 is 11.7 Å². The number of rotatable bonds is 5. The molecule has 1 heterocycles. The van der Waals surface area contributed by atoms with Crippen LogP contribution in [0.25, 0.3) is 0 Å². The molecule has 0 aliphatic heterocycles. The molecule has 0 fully saturated rings. The number of nitrogens with two attached hydrogens (primary N) is 1. The molecule has 0 radical (unpaired) electrons. The van der Waals surface area contributed by atoms with Gasteiger partial charge in [-0.1, -0.05) is 6.07 Å². The molecule has 0 saturated carbocycles. The van der Waals surface area contributed by atoms with E-state index in [2.05, 4.69) is 20.7 Å². The second-order valence-corrected chi connectivity index (χ2v) is 4.51. The van der Waals surface area contributed by atoms with E-state index in [0.29, 0.717) is 18.8 Å². The minimum Gasteiger partial charge on any atom is -0.350 e. The van der Waals surface area contributed by atoms with Crippen molar-refractivity contribution in [2.24, 2.45) is 5.84 Å². The van der Waals surface area contributed by atoms with Crippen LogP contribution < -0.4 is 16.6 Å². The highest BCUT2D eigenvalue weighted by molar-refractivity contribution is 5.92. The van der Waals surface area contributed by atoms with Crippen molar-refractivity contribution in [1.29, 1.82) is 0 Å². The first-order chi connectivity index (χ1) is 10.1. The van der Waals surface area contributed by atoms with Crippen LogP contribution in [0.1, 0.15) is 21.6 Å². The minimum absolute atomic E-state index is 0.182. The van der Waals surface area contributed by atoms with E-state index in [9.17, 15) is 9.18 Å². The summed E-state index contributed by atoms with van der Waals surface area (Å²) in [7, 11) is 0. The molecule has 6 nitrogen and oxygen atoms in total. The van der Waals surface area contributed by atoms with Gasteiger partial charge >= 0.3 is 0 Å². The molecular weight excluding hydrogens is 273 g/mol. The van der Waals surface area contributed by atoms with Crippen molar-refractivity contribution in [3.05, 3.63) is 53.2 Å². The summed E-state index contributed by atoms with van der Waals surface area (Å²) >= 11 is 0. The van der Waals surface area contributed by atoms with Crippen molar-refractivity contribution in [3.63, 3.8) is 0 Å². The Morgan fingerprint density at radius 3 is 2.90 bits per heavy atom. The number of hydrazine groups is 1. The fourth-order valence-corrected chi connectivity index (χ4v) is 1.89.